The first-order chi connectivity index (χ1) is 12.7. The maximum absolute atomic E-state index is 12.3. The minimum Gasteiger partial charge on any atom is -0.445 e. The van der Waals surface area contributed by atoms with E-state index in [1.807, 2.05) is 35.2 Å². The molecule has 0 saturated carbocycles. The van der Waals surface area contributed by atoms with Crippen molar-refractivity contribution in [2.45, 2.75) is 19.4 Å². The monoisotopic (exact) mass is 357 g/mol. The van der Waals surface area contributed by atoms with Gasteiger partial charge in [0, 0.05) is 45.8 Å². The van der Waals surface area contributed by atoms with Crippen LogP contribution >= 0.6 is 0 Å². The van der Waals surface area contributed by atoms with Gasteiger partial charge in [-0.3, -0.25) is 0 Å². The van der Waals surface area contributed by atoms with Gasteiger partial charge in [-0.1, -0.05) is 30.3 Å². The van der Waals surface area contributed by atoms with Crippen LogP contribution in [0.2, 0.25) is 0 Å². The first kappa shape index (κ1) is 17.8. The molecular weight excluding hydrogens is 326 g/mol. The van der Waals surface area contributed by atoms with Crippen molar-refractivity contribution in [3.05, 3.63) is 35.9 Å². The second-order valence-corrected chi connectivity index (χ2v) is 8.43. The Hall–Kier alpha value is -1.59. The quantitative estimate of drug-likeness (QED) is 0.830. The van der Waals surface area contributed by atoms with Crippen LogP contribution in [0.5, 0.6) is 0 Å². The number of piperidine rings is 1. The van der Waals surface area contributed by atoms with Crippen molar-refractivity contribution in [2.75, 3.05) is 52.9 Å². The number of carbonyl (C=O) groups excluding carboxylic acids is 1. The van der Waals surface area contributed by atoms with Crippen LogP contribution < -0.4 is 0 Å². The van der Waals surface area contributed by atoms with Crippen molar-refractivity contribution < 1.29 is 9.53 Å². The summed E-state index contributed by atoms with van der Waals surface area (Å²) >= 11 is 0. The molecule has 142 valence electrons. The summed E-state index contributed by atoms with van der Waals surface area (Å²) in [5.41, 5.74) is 1.04. The first-order valence-electron chi connectivity index (χ1n) is 10.0. The third kappa shape index (κ3) is 4.21. The van der Waals surface area contributed by atoms with Crippen LogP contribution in [0, 0.1) is 17.8 Å². The number of rotatable bonds is 4. The molecule has 0 radical (unpaired) electrons. The fraction of sp³-hybridized carbons (Fsp3) is 0.667. The zero-order valence-corrected chi connectivity index (χ0v) is 15.8. The zero-order chi connectivity index (χ0) is 17.9. The highest BCUT2D eigenvalue weighted by Crippen LogP contribution is 2.31. The molecule has 4 rings (SSSR count). The van der Waals surface area contributed by atoms with Gasteiger partial charge in [0.05, 0.1) is 0 Å². The van der Waals surface area contributed by atoms with Gasteiger partial charge in [0.15, 0.2) is 0 Å². The molecule has 0 bridgehead atoms. The van der Waals surface area contributed by atoms with Crippen LogP contribution in [-0.2, 0) is 11.3 Å². The lowest BCUT2D eigenvalue weighted by Gasteiger charge is -2.33. The molecule has 1 amide bonds. The van der Waals surface area contributed by atoms with E-state index in [0.717, 1.165) is 49.2 Å². The van der Waals surface area contributed by atoms with Crippen LogP contribution in [0.3, 0.4) is 0 Å². The molecule has 1 aromatic rings. The van der Waals surface area contributed by atoms with Gasteiger partial charge in [-0.15, -0.1) is 0 Å². The Morgan fingerprint density at radius 1 is 1.04 bits per heavy atom. The van der Waals surface area contributed by atoms with E-state index in [0.29, 0.717) is 6.61 Å². The molecule has 0 aromatic heterocycles. The summed E-state index contributed by atoms with van der Waals surface area (Å²) in [5, 5.41) is 0. The molecule has 0 spiro atoms. The maximum atomic E-state index is 12.3. The minimum absolute atomic E-state index is 0.161. The third-order valence-corrected chi connectivity index (χ3v) is 6.34. The second-order valence-electron chi connectivity index (χ2n) is 8.43. The van der Waals surface area contributed by atoms with Gasteiger partial charge in [-0.2, -0.15) is 0 Å². The normalized spacial score (nSPS) is 27.7. The predicted molar refractivity (Wildman–Crippen MR) is 102 cm³/mol. The Labute approximate surface area is 156 Å². The molecule has 3 aliphatic heterocycles. The molecule has 2 unspecified atom stereocenters. The molecule has 3 saturated heterocycles. The van der Waals surface area contributed by atoms with Gasteiger partial charge in [0.1, 0.15) is 6.61 Å². The van der Waals surface area contributed by atoms with Crippen LogP contribution in [0.15, 0.2) is 30.3 Å². The van der Waals surface area contributed by atoms with E-state index in [4.69, 9.17) is 4.74 Å². The van der Waals surface area contributed by atoms with Crippen molar-refractivity contribution in [2.24, 2.45) is 17.8 Å². The van der Waals surface area contributed by atoms with Gasteiger partial charge in [0.25, 0.3) is 0 Å². The van der Waals surface area contributed by atoms with E-state index < -0.39 is 0 Å². The first-order valence-corrected chi connectivity index (χ1v) is 10.0. The van der Waals surface area contributed by atoms with Crippen LogP contribution in [0.25, 0.3) is 0 Å². The molecular formula is C21H31N3O2. The molecule has 5 nitrogen and oxygen atoms in total. The molecule has 3 heterocycles. The molecule has 26 heavy (non-hydrogen) atoms. The summed E-state index contributed by atoms with van der Waals surface area (Å²) in [6.45, 7) is 8.33. The smallest absolute Gasteiger partial charge is 0.410 e. The number of amides is 1. The average Bonchev–Trinajstić information content (AvgIpc) is 3.17. The van der Waals surface area contributed by atoms with Gasteiger partial charge in [-0.25, -0.2) is 4.79 Å². The Balaban J connectivity index is 1.17. The molecule has 3 fully saturated rings. The molecule has 2 atom stereocenters. The summed E-state index contributed by atoms with van der Waals surface area (Å²) in [6, 6.07) is 9.89. The van der Waals surface area contributed by atoms with Gasteiger partial charge in [-0.05, 0) is 43.2 Å². The van der Waals surface area contributed by atoms with Crippen molar-refractivity contribution in [1.29, 1.82) is 0 Å². The van der Waals surface area contributed by atoms with Crippen molar-refractivity contribution >= 4 is 6.09 Å². The van der Waals surface area contributed by atoms with Gasteiger partial charge >= 0.3 is 6.09 Å². The lowest BCUT2D eigenvalue weighted by Crippen LogP contribution is -2.41. The average molecular weight is 357 g/mol. The van der Waals surface area contributed by atoms with E-state index in [1.165, 1.54) is 32.7 Å². The lowest BCUT2D eigenvalue weighted by atomic mass is 9.96. The number of hydrogen-bond donors (Lipinski definition) is 0. The minimum atomic E-state index is -0.161. The van der Waals surface area contributed by atoms with Gasteiger partial charge < -0.3 is 19.4 Å². The highest BCUT2D eigenvalue weighted by Gasteiger charge is 2.39. The number of carbonyl (C=O) groups is 1. The topological polar surface area (TPSA) is 36.0 Å². The fourth-order valence-electron chi connectivity index (χ4n) is 4.95. The van der Waals surface area contributed by atoms with Gasteiger partial charge in [0.2, 0.25) is 0 Å². The SMILES string of the molecule is CN1CC2CN(CC3CCN(C(=O)OCc4ccccc4)CC3)CC2C1. The predicted octanol–water partition coefficient (Wildman–Crippen LogP) is 2.53. The zero-order valence-electron chi connectivity index (χ0n) is 15.8. The number of fused-ring (bicyclic) bond motifs is 1. The number of ether oxygens (including phenoxy) is 1. The number of hydrogen-bond acceptors (Lipinski definition) is 4. The molecule has 3 aliphatic rings. The van der Waals surface area contributed by atoms with E-state index in [-0.39, 0.29) is 6.09 Å². The Kier molecular flexibility index (Phi) is 5.46. The van der Waals surface area contributed by atoms with Crippen LogP contribution in [0.4, 0.5) is 4.79 Å². The maximum Gasteiger partial charge on any atom is 0.410 e. The van der Waals surface area contributed by atoms with Crippen molar-refractivity contribution in [3.63, 3.8) is 0 Å². The number of benzene rings is 1. The molecule has 0 aliphatic carbocycles. The highest BCUT2D eigenvalue weighted by atomic mass is 16.6. The molecule has 1 aromatic carbocycles. The lowest BCUT2D eigenvalue weighted by molar-refractivity contribution is 0.0779. The summed E-state index contributed by atoms with van der Waals surface area (Å²) in [6.07, 6.45) is 2.05. The summed E-state index contributed by atoms with van der Waals surface area (Å²) in [5.74, 6) is 2.49. The fourth-order valence-corrected chi connectivity index (χ4v) is 4.95. The van der Waals surface area contributed by atoms with Crippen LogP contribution in [-0.4, -0.2) is 73.7 Å². The molecule has 0 N–H and O–H groups in total. The van der Waals surface area contributed by atoms with Crippen molar-refractivity contribution in [1.82, 2.24) is 14.7 Å². The Morgan fingerprint density at radius 2 is 1.69 bits per heavy atom. The second kappa shape index (κ2) is 7.97. The van der Waals surface area contributed by atoms with E-state index >= 15 is 0 Å². The van der Waals surface area contributed by atoms with Crippen LogP contribution in [0.1, 0.15) is 18.4 Å². The largest absolute Gasteiger partial charge is 0.445 e. The third-order valence-electron chi connectivity index (χ3n) is 6.34. The number of likely N-dealkylation sites (tertiary alicyclic amines) is 3. The van der Waals surface area contributed by atoms with E-state index in [2.05, 4.69) is 16.8 Å². The van der Waals surface area contributed by atoms with Crippen molar-refractivity contribution in [3.8, 4) is 0 Å². The summed E-state index contributed by atoms with van der Waals surface area (Å²) < 4.78 is 5.47. The van der Waals surface area contributed by atoms with E-state index in [1.54, 1.807) is 0 Å². The molecule has 5 heteroatoms. The summed E-state index contributed by atoms with van der Waals surface area (Å²) in [7, 11) is 2.25. The Bertz CT molecular complexity index is 587. The summed E-state index contributed by atoms with van der Waals surface area (Å²) in [4.78, 5) is 19.3. The highest BCUT2D eigenvalue weighted by molar-refractivity contribution is 5.67. The van der Waals surface area contributed by atoms with E-state index in [9.17, 15) is 4.79 Å². The Morgan fingerprint density at radius 3 is 2.35 bits per heavy atom. The standard InChI is InChI=1S/C21H31N3O2/c1-22-12-19-14-23(15-20(19)13-22)11-17-7-9-24(10-8-17)21(25)26-16-18-5-3-2-4-6-18/h2-6,17,19-20H,7-16H2,1H3. The number of nitrogens with zero attached hydrogens (tertiary/aromatic N) is 3.